The fraction of sp³-hybridized carbons (Fsp3) is 0.296. The Bertz CT molecular complexity index is 1170. The average molecular weight is 445 g/mol. The first-order valence-electron chi connectivity index (χ1n) is 11.4. The molecule has 4 rings (SSSR count). The molecule has 6 nitrogen and oxygen atoms in total. The standard InChI is InChI=1S/C27H28N2O4/c1-3-20-16-24-22(23(4-2)28-20)13-14-26(30)29(24)17-18-9-11-21(12-10-18)33-25-8-6-5-7-19(25)15-27(31)32/h5-12,16H,3-4,13-15,17H2,1-2H3,(H,31,32). The number of carboxylic acids is 1. The summed E-state index contributed by atoms with van der Waals surface area (Å²) in [7, 11) is 0. The average Bonchev–Trinajstić information content (AvgIpc) is 2.82. The van der Waals surface area contributed by atoms with Crippen molar-refractivity contribution in [2.45, 2.75) is 52.5 Å². The van der Waals surface area contributed by atoms with Crippen molar-refractivity contribution in [2.75, 3.05) is 4.90 Å². The molecule has 0 atom stereocenters. The van der Waals surface area contributed by atoms with Gasteiger partial charge >= 0.3 is 5.97 Å². The Morgan fingerprint density at radius 3 is 2.52 bits per heavy atom. The van der Waals surface area contributed by atoms with E-state index in [1.165, 1.54) is 5.56 Å². The molecule has 1 aliphatic heterocycles. The first kappa shape index (κ1) is 22.5. The van der Waals surface area contributed by atoms with E-state index in [1.807, 2.05) is 35.2 Å². The Hall–Kier alpha value is -3.67. The maximum absolute atomic E-state index is 12.8. The second-order valence-electron chi connectivity index (χ2n) is 8.17. The van der Waals surface area contributed by atoms with Crippen LogP contribution in [0.2, 0.25) is 0 Å². The van der Waals surface area contributed by atoms with Crippen molar-refractivity contribution in [1.29, 1.82) is 0 Å². The molecule has 0 spiro atoms. The molecule has 0 saturated carbocycles. The zero-order valence-corrected chi connectivity index (χ0v) is 19.0. The van der Waals surface area contributed by atoms with Gasteiger partial charge in [-0.1, -0.05) is 44.2 Å². The minimum atomic E-state index is -0.902. The van der Waals surface area contributed by atoms with E-state index >= 15 is 0 Å². The van der Waals surface area contributed by atoms with Gasteiger partial charge < -0.3 is 14.7 Å². The van der Waals surface area contributed by atoms with E-state index in [0.717, 1.165) is 41.9 Å². The molecule has 2 aromatic carbocycles. The lowest BCUT2D eigenvalue weighted by molar-refractivity contribution is -0.136. The van der Waals surface area contributed by atoms with Gasteiger partial charge in [-0.25, -0.2) is 0 Å². The van der Waals surface area contributed by atoms with E-state index in [0.29, 0.717) is 30.0 Å². The van der Waals surface area contributed by atoms with Crippen molar-refractivity contribution in [3.05, 3.63) is 82.7 Å². The molecule has 1 aliphatic rings. The predicted octanol–water partition coefficient (Wildman–Crippen LogP) is 5.11. The summed E-state index contributed by atoms with van der Waals surface area (Å²) in [6.07, 6.45) is 2.83. The summed E-state index contributed by atoms with van der Waals surface area (Å²) in [4.78, 5) is 30.6. The third kappa shape index (κ3) is 5.06. The second-order valence-corrected chi connectivity index (χ2v) is 8.17. The van der Waals surface area contributed by atoms with Crippen molar-refractivity contribution in [3.63, 3.8) is 0 Å². The molecule has 1 amide bonds. The molecule has 2 heterocycles. The number of fused-ring (bicyclic) bond motifs is 1. The van der Waals surface area contributed by atoms with E-state index in [4.69, 9.17) is 14.8 Å². The predicted molar refractivity (Wildman–Crippen MR) is 127 cm³/mol. The lowest BCUT2D eigenvalue weighted by Gasteiger charge is -2.31. The molecular formula is C27H28N2O4. The number of hydrogen-bond donors (Lipinski definition) is 1. The zero-order chi connectivity index (χ0) is 23.4. The quantitative estimate of drug-likeness (QED) is 0.523. The summed E-state index contributed by atoms with van der Waals surface area (Å²) in [6.45, 7) is 4.67. The highest BCUT2D eigenvalue weighted by Crippen LogP contribution is 2.33. The number of para-hydroxylation sites is 1. The maximum atomic E-state index is 12.8. The Kier molecular flexibility index (Phi) is 6.73. The SMILES string of the molecule is CCc1cc2c(c(CC)n1)CCC(=O)N2Cc1ccc(Oc2ccccc2CC(=O)O)cc1. The van der Waals surface area contributed by atoms with Gasteiger partial charge in [0.05, 0.1) is 18.7 Å². The number of rotatable bonds is 8. The Balaban J connectivity index is 1.55. The van der Waals surface area contributed by atoms with Crippen molar-refractivity contribution in [3.8, 4) is 11.5 Å². The minimum absolute atomic E-state index is 0.0981. The fourth-order valence-electron chi connectivity index (χ4n) is 4.21. The molecule has 6 heteroatoms. The molecule has 0 fully saturated rings. The molecule has 170 valence electrons. The molecule has 1 aromatic heterocycles. The zero-order valence-electron chi connectivity index (χ0n) is 19.0. The van der Waals surface area contributed by atoms with Crippen LogP contribution in [-0.4, -0.2) is 22.0 Å². The van der Waals surface area contributed by atoms with Gasteiger partial charge in [-0.05, 0) is 54.7 Å². The van der Waals surface area contributed by atoms with Gasteiger partial charge in [0, 0.05) is 23.4 Å². The number of anilines is 1. The van der Waals surface area contributed by atoms with Crippen molar-refractivity contribution in [2.24, 2.45) is 0 Å². The van der Waals surface area contributed by atoms with Crippen LogP contribution in [0.15, 0.2) is 54.6 Å². The van der Waals surface area contributed by atoms with Crippen LogP contribution in [0.3, 0.4) is 0 Å². The van der Waals surface area contributed by atoms with Crippen LogP contribution < -0.4 is 9.64 Å². The molecule has 0 saturated heterocycles. The molecule has 1 N–H and O–H groups in total. The van der Waals surface area contributed by atoms with Crippen LogP contribution in [0, 0.1) is 0 Å². The van der Waals surface area contributed by atoms with E-state index in [2.05, 4.69) is 19.9 Å². The number of amides is 1. The topological polar surface area (TPSA) is 79.7 Å². The first-order chi connectivity index (χ1) is 16.0. The van der Waals surface area contributed by atoms with E-state index < -0.39 is 5.97 Å². The molecular weight excluding hydrogens is 416 g/mol. The molecule has 0 radical (unpaired) electrons. The van der Waals surface area contributed by atoms with Gasteiger partial charge in [0.15, 0.2) is 0 Å². The number of carboxylic acid groups (broad SMARTS) is 1. The van der Waals surface area contributed by atoms with Crippen LogP contribution in [0.4, 0.5) is 5.69 Å². The Morgan fingerprint density at radius 1 is 1.06 bits per heavy atom. The molecule has 0 unspecified atom stereocenters. The highest BCUT2D eigenvalue weighted by atomic mass is 16.5. The van der Waals surface area contributed by atoms with E-state index in [9.17, 15) is 9.59 Å². The Labute approximate surface area is 193 Å². The van der Waals surface area contributed by atoms with Gasteiger partial charge in [0.25, 0.3) is 0 Å². The monoisotopic (exact) mass is 444 g/mol. The highest BCUT2D eigenvalue weighted by Gasteiger charge is 2.27. The number of nitrogens with zero attached hydrogens (tertiary/aromatic N) is 2. The molecule has 0 aliphatic carbocycles. The van der Waals surface area contributed by atoms with E-state index in [-0.39, 0.29) is 12.3 Å². The van der Waals surface area contributed by atoms with Gasteiger partial charge in [-0.15, -0.1) is 0 Å². The summed E-state index contributed by atoms with van der Waals surface area (Å²) in [5.74, 6) is 0.369. The summed E-state index contributed by atoms with van der Waals surface area (Å²) in [6, 6.07) is 16.8. The summed E-state index contributed by atoms with van der Waals surface area (Å²) >= 11 is 0. The van der Waals surface area contributed by atoms with Crippen LogP contribution in [0.5, 0.6) is 11.5 Å². The smallest absolute Gasteiger partial charge is 0.307 e. The summed E-state index contributed by atoms with van der Waals surface area (Å²) in [5.41, 5.74) is 5.88. The molecule has 0 bridgehead atoms. The van der Waals surface area contributed by atoms with Gasteiger partial charge in [-0.3, -0.25) is 14.6 Å². The van der Waals surface area contributed by atoms with Crippen LogP contribution in [0.1, 0.15) is 48.3 Å². The molecule has 3 aromatic rings. The van der Waals surface area contributed by atoms with Gasteiger partial charge in [0.2, 0.25) is 5.91 Å². The lowest BCUT2D eigenvalue weighted by atomic mass is 9.96. The minimum Gasteiger partial charge on any atom is -0.481 e. The second kappa shape index (κ2) is 9.86. The highest BCUT2D eigenvalue weighted by molar-refractivity contribution is 5.96. The van der Waals surface area contributed by atoms with Gasteiger partial charge in [0.1, 0.15) is 11.5 Å². The largest absolute Gasteiger partial charge is 0.481 e. The third-order valence-electron chi connectivity index (χ3n) is 5.92. The number of ether oxygens (including phenoxy) is 1. The number of hydrogen-bond acceptors (Lipinski definition) is 4. The van der Waals surface area contributed by atoms with E-state index in [1.54, 1.807) is 18.2 Å². The summed E-state index contributed by atoms with van der Waals surface area (Å²) in [5, 5.41) is 9.11. The maximum Gasteiger partial charge on any atom is 0.307 e. The number of pyridine rings is 1. The van der Waals surface area contributed by atoms with Crippen molar-refractivity contribution < 1.29 is 19.4 Å². The number of aliphatic carboxylic acids is 1. The fourth-order valence-corrected chi connectivity index (χ4v) is 4.21. The first-order valence-corrected chi connectivity index (χ1v) is 11.4. The number of carbonyl (C=O) groups excluding carboxylic acids is 1. The normalized spacial score (nSPS) is 13.0. The Morgan fingerprint density at radius 2 is 1.82 bits per heavy atom. The van der Waals surface area contributed by atoms with Crippen LogP contribution in [0.25, 0.3) is 0 Å². The number of carbonyl (C=O) groups is 2. The molecule has 33 heavy (non-hydrogen) atoms. The van der Waals surface area contributed by atoms with Gasteiger partial charge in [-0.2, -0.15) is 0 Å². The van der Waals surface area contributed by atoms with Crippen molar-refractivity contribution >= 4 is 17.6 Å². The lowest BCUT2D eigenvalue weighted by Crippen LogP contribution is -2.35. The van der Waals surface area contributed by atoms with Crippen LogP contribution in [-0.2, 0) is 41.8 Å². The van der Waals surface area contributed by atoms with Crippen LogP contribution >= 0.6 is 0 Å². The number of benzene rings is 2. The van der Waals surface area contributed by atoms with Crippen molar-refractivity contribution in [1.82, 2.24) is 4.98 Å². The summed E-state index contributed by atoms with van der Waals surface area (Å²) < 4.78 is 5.94. The third-order valence-corrected chi connectivity index (χ3v) is 5.92. The number of aryl methyl sites for hydroxylation is 2. The number of aromatic nitrogens is 1.